The Labute approximate surface area is 138 Å². The Kier molecular flexibility index (Phi) is 4.77. The Bertz CT molecular complexity index is 684. The highest BCUT2D eigenvalue weighted by Gasteiger charge is 2.32. The summed E-state index contributed by atoms with van der Waals surface area (Å²) in [6.07, 6.45) is -0.428. The normalized spacial score (nSPS) is 21.7. The van der Waals surface area contributed by atoms with Crippen molar-refractivity contribution in [2.24, 2.45) is 0 Å². The molecule has 3 heterocycles. The van der Waals surface area contributed by atoms with Gasteiger partial charge in [-0.05, 0) is 32.4 Å². The van der Waals surface area contributed by atoms with Crippen LogP contribution in [0.25, 0.3) is 0 Å². The van der Waals surface area contributed by atoms with Gasteiger partial charge in [0.05, 0.1) is 10.7 Å². The third kappa shape index (κ3) is 3.97. The molecule has 5 nitrogen and oxygen atoms in total. The monoisotopic (exact) mass is 337 g/mol. The van der Waals surface area contributed by atoms with Gasteiger partial charge in [0.2, 0.25) is 0 Å². The molecule has 1 saturated heterocycles. The first-order valence-corrected chi connectivity index (χ1v) is 8.53. The number of carbonyl (C=O) groups excluding carboxylic acids is 1. The van der Waals surface area contributed by atoms with Gasteiger partial charge in [0.25, 0.3) is 5.91 Å². The summed E-state index contributed by atoms with van der Waals surface area (Å²) in [7, 11) is 0. The van der Waals surface area contributed by atoms with Gasteiger partial charge >= 0.3 is 0 Å². The minimum atomic E-state index is -0.859. The Hall–Kier alpha value is -1.73. The summed E-state index contributed by atoms with van der Waals surface area (Å²) in [5.74, 6) is 0.726. The molecule has 0 aliphatic carbocycles. The number of likely N-dealkylation sites (tertiary alicyclic amines) is 1. The van der Waals surface area contributed by atoms with E-state index >= 15 is 0 Å². The van der Waals surface area contributed by atoms with Gasteiger partial charge in [0.15, 0.2) is 5.76 Å². The number of carbonyl (C=O) groups is 1. The number of thiazole rings is 1. The molecule has 7 heteroatoms. The molecular weight excluding hydrogens is 317 g/mol. The van der Waals surface area contributed by atoms with E-state index < -0.39 is 6.17 Å². The van der Waals surface area contributed by atoms with E-state index in [0.717, 1.165) is 10.7 Å². The molecule has 0 bridgehead atoms. The molecule has 1 N–H and O–H groups in total. The van der Waals surface area contributed by atoms with Crippen LogP contribution in [0.5, 0.6) is 0 Å². The molecular formula is C16H20FN3O2S. The van der Waals surface area contributed by atoms with Gasteiger partial charge in [-0.15, -0.1) is 11.3 Å². The van der Waals surface area contributed by atoms with Crippen molar-refractivity contribution in [3.05, 3.63) is 39.7 Å². The van der Waals surface area contributed by atoms with E-state index in [2.05, 4.69) is 10.3 Å². The van der Waals surface area contributed by atoms with Gasteiger partial charge in [0.1, 0.15) is 11.9 Å². The first-order valence-electron chi connectivity index (χ1n) is 7.65. The fourth-order valence-electron chi connectivity index (χ4n) is 2.87. The van der Waals surface area contributed by atoms with E-state index in [4.69, 9.17) is 4.42 Å². The van der Waals surface area contributed by atoms with Crippen molar-refractivity contribution in [1.29, 1.82) is 0 Å². The predicted molar refractivity (Wildman–Crippen MR) is 86.3 cm³/mol. The number of hydrogen-bond acceptors (Lipinski definition) is 5. The van der Waals surface area contributed by atoms with Crippen LogP contribution in [-0.4, -0.2) is 41.1 Å². The highest BCUT2D eigenvalue weighted by molar-refractivity contribution is 7.09. The Balaban J connectivity index is 1.57. The molecule has 124 valence electrons. The number of hydrogen-bond donors (Lipinski definition) is 1. The second-order valence-corrected chi connectivity index (χ2v) is 6.96. The van der Waals surface area contributed by atoms with Gasteiger partial charge in [-0.25, -0.2) is 9.37 Å². The zero-order chi connectivity index (χ0) is 16.4. The van der Waals surface area contributed by atoms with E-state index in [9.17, 15) is 9.18 Å². The number of nitrogens with zero attached hydrogens (tertiary/aromatic N) is 2. The van der Waals surface area contributed by atoms with E-state index in [0.29, 0.717) is 37.6 Å². The molecule has 2 atom stereocenters. The van der Waals surface area contributed by atoms with Crippen molar-refractivity contribution in [1.82, 2.24) is 15.2 Å². The van der Waals surface area contributed by atoms with Crippen molar-refractivity contribution in [3.63, 3.8) is 0 Å². The van der Waals surface area contributed by atoms with Gasteiger partial charge < -0.3 is 9.73 Å². The van der Waals surface area contributed by atoms with Crippen LogP contribution in [0.15, 0.2) is 21.9 Å². The maximum absolute atomic E-state index is 13.8. The molecule has 3 rings (SSSR count). The van der Waals surface area contributed by atoms with Crippen LogP contribution >= 0.6 is 11.3 Å². The molecule has 2 aromatic heterocycles. The summed E-state index contributed by atoms with van der Waals surface area (Å²) in [5, 5.41) is 5.85. The van der Waals surface area contributed by atoms with Crippen molar-refractivity contribution in [2.45, 2.75) is 39.0 Å². The molecule has 0 unspecified atom stereocenters. The standard InChI is InChI=1S/C16H20FN3O2S/c1-10-3-4-15(22-10)16(21)18-6-14-5-12(17)7-20(14)8-13-9-23-11(2)19-13/h3-4,9,12,14H,5-8H2,1-2H3,(H,18,21)/t12-,14-/m0/s1. The van der Waals surface area contributed by atoms with Crippen LogP contribution in [0, 0.1) is 13.8 Å². The SMILES string of the molecule is Cc1ccc(C(=O)NC[C@@H]2C[C@H](F)CN2Cc2csc(C)n2)o1. The predicted octanol–water partition coefficient (Wildman–Crippen LogP) is 2.70. The quantitative estimate of drug-likeness (QED) is 0.911. The maximum atomic E-state index is 13.8. The van der Waals surface area contributed by atoms with Crippen LogP contribution in [-0.2, 0) is 6.54 Å². The largest absolute Gasteiger partial charge is 0.456 e. The maximum Gasteiger partial charge on any atom is 0.287 e. The number of aryl methyl sites for hydroxylation is 2. The zero-order valence-corrected chi connectivity index (χ0v) is 14.0. The number of alkyl halides is 1. The first-order chi connectivity index (χ1) is 11.0. The lowest BCUT2D eigenvalue weighted by Gasteiger charge is -2.23. The van der Waals surface area contributed by atoms with Gasteiger partial charge in [-0.3, -0.25) is 9.69 Å². The molecule has 23 heavy (non-hydrogen) atoms. The Morgan fingerprint density at radius 2 is 2.35 bits per heavy atom. The molecule has 0 spiro atoms. The van der Waals surface area contributed by atoms with Crippen LogP contribution < -0.4 is 5.32 Å². The first kappa shape index (κ1) is 16.1. The topological polar surface area (TPSA) is 58.4 Å². The fourth-order valence-corrected chi connectivity index (χ4v) is 3.48. The van der Waals surface area contributed by atoms with E-state index in [1.807, 2.05) is 17.2 Å². The summed E-state index contributed by atoms with van der Waals surface area (Å²) in [4.78, 5) is 18.5. The molecule has 0 aromatic carbocycles. The summed E-state index contributed by atoms with van der Waals surface area (Å²) in [6, 6.07) is 3.37. The number of rotatable bonds is 5. The minimum Gasteiger partial charge on any atom is -0.456 e. The molecule has 1 amide bonds. The van der Waals surface area contributed by atoms with Crippen LogP contribution in [0.2, 0.25) is 0 Å². The third-order valence-electron chi connectivity index (χ3n) is 3.97. The van der Waals surface area contributed by atoms with Gasteiger partial charge in [-0.2, -0.15) is 0 Å². The summed E-state index contributed by atoms with van der Waals surface area (Å²) in [6.45, 7) is 5.16. The highest BCUT2D eigenvalue weighted by atomic mass is 32.1. The molecule has 0 radical (unpaired) electrons. The molecule has 0 saturated carbocycles. The fraction of sp³-hybridized carbons (Fsp3) is 0.500. The summed E-state index contributed by atoms with van der Waals surface area (Å²) in [5.41, 5.74) is 0.958. The second-order valence-electron chi connectivity index (χ2n) is 5.89. The van der Waals surface area contributed by atoms with E-state index in [1.165, 1.54) is 0 Å². The lowest BCUT2D eigenvalue weighted by molar-refractivity contribution is 0.0910. The highest BCUT2D eigenvalue weighted by Crippen LogP contribution is 2.23. The van der Waals surface area contributed by atoms with Crippen LogP contribution in [0.3, 0.4) is 0 Å². The number of furan rings is 1. The third-order valence-corrected chi connectivity index (χ3v) is 4.79. The summed E-state index contributed by atoms with van der Waals surface area (Å²) >= 11 is 1.59. The number of nitrogens with one attached hydrogen (secondary N) is 1. The lowest BCUT2D eigenvalue weighted by Crippen LogP contribution is -2.39. The minimum absolute atomic E-state index is 0.0213. The van der Waals surface area contributed by atoms with Crippen LogP contribution in [0.1, 0.15) is 33.4 Å². The Morgan fingerprint density at radius 3 is 3.00 bits per heavy atom. The van der Waals surface area contributed by atoms with Gasteiger partial charge in [0, 0.05) is 31.1 Å². The smallest absolute Gasteiger partial charge is 0.287 e. The number of halogens is 1. The molecule has 1 aliphatic heterocycles. The van der Waals surface area contributed by atoms with Crippen molar-refractivity contribution < 1.29 is 13.6 Å². The van der Waals surface area contributed by atoms with E-state index in [1.54, 1.807) is 30.4 Å². The van der Waals surface area contributed by atoms with Crippen molar-refractivity contribution in [3.8, 4) is 0 Å². The summed E-state index contributed by atoms with van der Waals surface area (Å²) < 4.78 is 19.1. The van der Waals surface area contributed by atoms with Crippen LogP contribution in [0.4, 0.5) is 4.39 Å². The van der Waals surface area contributed by atoms with Crippen molar-refractivity contribution >= 4 is 17.2 Å². The van der Waals surface area contributed by atoms with Crippen molar-refractivity contribution in [2.75, 3.05) is 13.1 Å². The Morgan fingerprint density at radius 1 is 1.52 bits per heavy atom. The average molecular weight is 337 g/mol. The average Bonchev–Trinajstić information content (AvgIpc) is 3.19. The second kappa shape index (κ2) is 6.80. The molecule has 2 aromatic rings. The number of amides is 1. The molecule has 1 fully saturated rings. The molecule has 1 aliphatic rings. The van der Waals surface area contributed by atoms with E-state index in [-0.39, 0.29) is 11.9 Å². The number of aromatic nitrogens is 1. The lowest BCUT2D eigenvalue weighted by atomic mass is 10.2. The zero-order valence-electron chi connectivity index (χ0n) is 13.2. The van der Waals surface area contributed by atoms with Gasteiger partial charge in [-0.1, -0.05) is 0 Å².